The van der Waals surface area contributed by atoms with E-state index >= 15 is 0 Å². The van der Waals surface area contributed by atoms with E-state index in [9.17, 15) is 9.59 Å². The summed E-state index contributed by atoms with van der Waals surface area (Å²) in [6, 6.07) is 6.86. The largest absolute Gasteiger partial charge is 0.299 e. The van der Waals surface area contributed by atoms with E-state index in [1.54, 1.807) is 38.5 Å². The van der Waals surface area contributed by atoms with Gasteiger partial charge in [-0.1, -0.05) is 23.5 Å². The summed E-state index contributed by atoms with van der Waals surface area (Å²) >= 11 is 1.40. The number of amides is 2. The van der Waals surface area contributed by atoms with Gasteiger partial charge in [0.05, 0.1) is 37.8 Å². The lowest BCUT2D eigenvalue weighted by Gasteiger charge is -2.11. The molecular weight excluding hydrogens is 305 g/mol. The van der Waals surface area contributed by atoms with Crippen LogP contribution < -0.4 is 0 Å². The number of hydrogen-bond donors (Lipinski definition) is 0. The maximum atomic E-state index is 12.1. The molecule has 0 atom stereocenters. The van der Waals surface area contributed by atoms with Crippen LogP contribution >= 0.6 is 17.9 Å². The predicted octanol–water partition coefficient (Wildman–Crippen LogP) is 2.49. The first-order valence-corrected chi connectivity index (χ1v) is 9.47. The number of carbonyl (C=O) groups is 2. The molecule has 102 valence electrons. The van der Waals surface area contributed by atoms with Crippen LogP contribution in [0.5, 0.6) is 0 Å². The molecule has 0 fully saturated rings. The van der Waals surface area contributed by atoms with E-state index in [2.05, 4.69) is 0 Å². The Kier molecular flexibility index (Phi) is 5.13. The van der Waals surface area contributed by atoms with Gasteiger partial charge in [-0.15, -0.1) is 0 Å². The van der Waals surface area contributed by atoms with Gasteiger partial charge in [0.15, 0.2) is 0 Å². The average molecular weight is 317 g/mol. The lowest BCUT2D eigenvalue weighted by molar-refractivity contribution is 0.0684. The molecule has 1 aromatic rings. The van der Waals surface area contributed by atoms with Gasteiger partial charge in [-0.3, -0.25) is 22.9 Å². The summed E-state index contributed by atoms with van der Waals surface area (Å²) in [5, 5.41) is 0. The third kappa shape index (κ3) is 3.07. The summed E-state index contributed by atoms with van der Waals surface area (Å²) in [5.41, 5.74) is 0.949. The molecule has 2 rings (SSSR count). The Bertz CT molecular complexity index is 508. The molecule has 0 aliphatic carbocycles. The Morgan fingerprint density at radius 1 is 1.16 bits per heavy atom. The fraction of sp³-hybridized carbons (Fsp3) is 0.273. The summed E-state index contributed by atoms with van der Waals surface area (Å²) in [6.07, 6.45) is 0. The van der Waals surface area contributed by atoms with E-state index < -0.39 is 10.6 Å². The molecule has 0 bridgehead atoms. The second-order valence-corrected chi connectivity index (χ2v) is 8.69. The Morgan fingerprint density at radius 3 is 2.16 bits per heavy atom. The molecule has 5 nitrogen and oxygen atoms in total. The zero-order valence-corrected chi connectivity index (χ0v) is 12.9. The van der Waals surface area contributed by atoms with Crippen molar-refractivity contribution in [1.29, 1.82) is 0 Å². The van der Waals surface area contributed by atoms with Crippen LogP contribution in [0.1, 0.15) is 20.7 Å². The Balaban J connectivity index is 2.07. The zero-order valence-electron chi connectivity index (χ0n) is 10.4. The third-order valence-corrected chi connectivity index (χ3v) is 7.60. The van der Waals surface area contributed by atoms with Crippen LogP contribution in [0.2, 0.25) is 0 Å². The minimum atomic E-state index is -0.625. The first-order chi connectivity index (χ1) is 9.19. The molecule has 0 N–H and O–H groups in total. The maximum absolute atomic E-state index is 12.1. The van der Waals surface area contributed by atoms with Crippen molar-refractivity contribution >= 4 is 40.4 Å². The fourth-order valence-electron chi connectivity index (χ4n) is 1.61. The van der Waals surface area contributed by atoms with Gasteiger partial charge in [0.2, 0.25) is 0 Å². The standard InChI is InChI=1S/C11H12NO4PS2/c1-15-19(16-2)17-18-7-12-10(13)8-5-3-4-6-9(8)11(12)14/h3-6H,7H2,1-2H3. The van der Waals surface area contributed by atoms with E-state index in [1.165, 1.54) is 16.3 Å². The second-order valence-electron chi connectivity index (χ2n) is 3.47. The molecule has 1 aliphatic rings. The molecule has 0 saturated heterocycles. The van der Waals surface area contributed by atoms with Crippen LogP contribution in [0.15, 0.2) is 24.3 Å². The van der Waals surface area contributed by atoms with Gasteiger partial charge in [0, 0.05) is 0 Å². The summed E-state index contributed by atoms with van der Waals surface area (Å²) < 4.78 is 10.1. The number of fused-ring (bicyclic) bond motifs is 1. The number of hydrogen-bond acceptors (Lipinski definition) is 5. The molecule has 19 heavy (non-hydrogen) atoms. The lowest BCUT2D eigenvalue weighted by Crippen LogP contribution is -2.28. The number of rotatable bonds is 5. The highest BCUT2D eigenvalue weighted by molar-refractivity contribution is 8.61. The SMILES string of the molecule is COS(OC)=PSCN1C(=O)c2ccccc2C1=O. The van der Waals surface area contributed by atoms with E-state index in [-0.39, 0.29) is 11.8 Å². The van der Waals surface area contributed by atoms with Crippen molar-refractivity contribution in [2.24, 2.45) is 0 Å². The number of nitrogens with zero attached hydrogens (tertiary/aromatic N) is 1. The van der Waals surface area contributed by atoms with Crippen molar-refractivity contribution in [2.75, 3.05) is 20.1 Å². The van der Waals surface area contributed by atoms with Gasteiger partial charge in [-0.25, -0.2) is 0 Å². The molecule has 1 heterocycles. The highest BCUT2D eigenvalue weighted by Crippen LogP contribution is 2.30. The van der Waals surface area contributed by atoms with Crippen molar-refractivity contribution < 1.29 is 18.0 Å². The third-order valence-electron chi connectivity index (χ3n) is 2.46. The summed E-state index contributed by atoms with van der Waals surface area (Å²) in [7, 11) is 2.49. The monoisotopic (exact) mass is 317 g/mol. The van der Waals surface area contributed by atoms with Crippen molar-refractivity contribution in [2.45, 2.75) is 0 Å². The normalized spacial score (nSPS) is 14.6. The van der Waals surface area contributed by atoms with Gasteiger partial charge in [-0.2, -0.15) is 0 Å². The highest BCUT2D eigenvalue weighted by Gasteiger charge is 2.34. The van der Waals surface area contributed by atoms with Gasteiger partial charge in [0.25, 0.3) is 11.8 Å². The summed E-state index contributed by atoms with van der Waals surface area (Å²) in [4.78, 5) is 25.3. The van der Waals surface area contributed by atoms with Crippen LogP contribution in [0.25, 0.3) is 0 Å². The molecule has 0 unspecified atom stereocenters. The van der Waals surface area contributed by atoms with E-state index in [4.69, 9.17) is 8.37 Å². The van der Waals surface area contributed by atoms with Crippen LogP contribution in [0.3, 0.4) is 0 Å². The fourth-order valence-corrected chi connectivity index (χ4v) is 5.76. The van der Waals surface area contributed by atoms with Crippen LogP contribution in [-0.4, -0.2) is 36.8 Å². The molecule has 0 spiro atoms. The van der Waals surface area contributed by atoms with Gasteiger partial charge < -0.3 is 0 Å². The predicted molar refractivity (Wildman–Crippen MR) is 77.7 cm³/mol. The van der Waals surface area contributed by atoms with Gasteiger partial charge >= 0.3 is 0 Å². The maximum Gasteiger partial charge on any atom is 0.262 e. The second kappa shape index (κ2) is 6.63. The number of carbonyl (C=O) groups excluding carboxylic acids is 2. The summed E-state index contributed by atoms with van der Waals surface area (Å²) in [6.45, 7) is 0.838. The van der Waals surface area contributed by atoms with Crippen molar-refractivity contribution in [3.05, 3.63) is 35.4 Å². The number of imide groups is 1. The first kappa shape index (κ1) is 14.7. The van der Waals surface area contributed by atoms with Gasteiger partial charge in [0.1, 0.15) is 10.6 Å². The highest BCUT2D eigenvalue weighted by atomic mass is 32.9. The summed E-state index contributed by atoms with van der Waals surface area (Å²) in [5.74, 6) is -0.180. The molecule has 1 aromatic carbocycles. The molecule has 8 heteroatoms. The Hall–Kier alpha value is -0.720. The molecule has 0 aromatic heterocycles. The molecule has 0 radical (unpaired) electrons. The van der Waals surface area contributed by atoms with E-state index in [0.717, 1.165) is 6.56 Å². The first-order valence-electron chi connectivity index (χ1n) is 5.30. The Labute approximate surface area is 119 Å². The molecule has 0 saturated carbocycles. The molecule has 1 aliphatic heterocycles. The molecular formula is C11H12NO4PS2. The van der Waals surface area contributed by atoms with Gasteiger partial charge in [-0.05, 0) is 12.1 Å². The molecule has 2 amide bonds. The van der Waals surface area contributed by atoms with Crippen LogP contribution in [-0.2, 0) is 19.0 Å². The van der Waals surface area contributed by atoms with E-state index in [0.29, 0.717) is 17.0 Å². The Morgan fingerprint density at radius 2 is 1.68 bits per heavy atom. The van der Waals surface area contributed by atoms with Crippen molar-refractivity contribution in [1.82, 2.24) is 4.90 Å². The topological polar surface area (TPSA) is 55.8 Å². The number of benzene rings is 1. The van der Waals surface area contributed by atoms with Crippen LogP contribution in [0.4, 0.5) is 0 Å². The quantitative estimate of drug-likeness (QED) is 0.617. The van der Waals surface area contributed by atoms with E-state index in [1.807, 2.05) is 0 Å². The average Bonchev–Trinajstić information content (AvgIpc) is 2.69. The zero-order chi connectivity index (χ0) is 13.8. The lowest BCUT2D eigenvalue weighted by atomic mass is 10.1. The van der Waals surface area contributed by atoms with Crippen LogP contribution in [0, 0.1) is 0 Å². The van der Waals surface area contributed by atoms with Crippen molar-refractivity contribution in [3.63, 3.8) is 0 Å². The van der Waals surface area contributed by atoms with Crippen molar-refractivity contribution in [3.8, 4) is 0 Å². The smallest absolute Gasteiger partial charge is 0.262 e. The minimum Gasteiger partial charge on any atom is -0.299 e. The minimum absolute atomic E-state index is 0.238.